The summed E-state index contributed by atoms with van der Waals surface area (Å²) in [5.41, 5.74) is 7.53. The lowest BCUT2D eigenvalue weighted by molar-refractivity contribution is 0.0588. The number of phenols is 1. The van der Waals surface area contributed by atoms with Crippen LogP contribution in [0.5, 0.6) is 57.5 Å². The van der Waals surface area contributed by atoms with E-state index in [2.05, 4.69) is 55.9 Å². The number of rotatable bonds is 29. The molecule has 0 bridgehead atoms. The molecule has 2 aromatic heterocycles. The monoisotopic (exact) mass is 1180 g/mol. The van der Waals surface area contributed by atoms with E-state index in [1.54, 1.807) is 60.0 Å². The zero-order chi connectivity index (χ0) is 59.8. The highest BCUT2D eigenvalue weighted by Crippen LogP contribution is 2.41. The highest BCUT2D eigenvalue weighted by molar-refractivity contribution is 7.13. The van der Waals surface area contributed by atoms with Crippen LogP contribution in [-0.4, -0.2) is 67.7 Å². The number of esters is 2. The first-order chi connectivity index (χ1) is 41.7. The van der Waals surface area contributed by atoms with E-state index in [-0.39, 0.29) is 5.75 Å². The molecule has 0 aliphatic rings. The maximum Gasteiger partial charge on any atom is 0.341 e. The zero-order valence-corrected chi connectivity index (χ0v) is 50.6. The molecule has 7 aromatic carbocycles. The summed E-state index contributed by atoms with van der Waals surface area (Å²) in [7, 11) is 2.71. The summed E-state index contributed by atoms with van der Waals surface area (Å²) in [5.74, 6) is 5.15. The smallest absolute Gasteiger partial charge is 0.341 e. The third-order valence-electron chi connectivity index (χ3n) is 13.5. The van der Waals surface area contributed by atoms with E-state index in [1.165, 1.54) is 25.6 Å². The summed E-state index contributed by atoms with van der Waals surface area (Å²) >= 11 is 3.08. The Labute approximate surface area is 505 Å². The van der Waals surface area contributed by atoms with E-state index < -0.39 is 11.9 Å². The molecular formula is C69H72N2O12S2. The first-order valence-corrected chi connectivity index (χ1v) is 30.4. The van der Waals surface area contributed by atoms with Crippen LogP contribution in [0.4, 0.5) is 0 Å². The second-order valence-electron chi connectivity index (χ2n) is 19.3. The molecule has 0 atom stereocenters. The van der Waals surface area contributed by atoms with Crippen molar-refractivity contribution in [2.24, 2.45) is 0 Å². The van der Waals surface area contributed by atoms with Crippen LogP contribution >= 0.6 is 22.7 Å². The number of phenolic OH excluding ortho intramolecular Hbond substituents is 1. The molecule has 0 aliphatic heterocycles. The fourth-order valence-electron chi connectivity index (χ4n) is 9.24. The fraction of sp³-hybridized carbons (Fsp3) is 0.275. The van der Waals surface area contributed by atoms with Gasteiger partial charge in [0.05, 0.1) is 51.8 Å². The molecule has 0 spiro atoms. The lowest BCUT2D eigenvalue weighted by Gasteiger charge is -2.18. The van der Waals surface area contributed by atoms with Gasteiger partial charge in [0.25, 0.3) is 0 Å². The number of ether oxygens (including phenoxy) is 9. The number of benzene rings is 7. The van der Waals surface area contributed by atoms with Crippen molar-refractivity contribution in [2.45, 2.75) is 85.7 Å². The molecule has 9 rings (SSSR count). The van der Waals surface area contributed by atoms with Gasteiger partial charge in [0.1, 0.15) is 85.2 Å². The second-order valence-corrected chi connectivity index (χ2v) is 21.1. The van der Waals surface area contributed by atoms with E-state index in [0.29, 0.717) is 85.8 Å². The number of hydrogen-bond acceptors (Lipinski definition) is 16. The predicted molar refractivity (Wildman–Crippen MR) is 334 cm³/mol. The van der Waals surface area contributed by atoms with Crippen LogP contribution in [0.3, 0.4) is 0 Å². The van der Waals surface area contributed by atoms with Gasteiger partial charge in [-0.3, -0.25) is 0 Å². The minimum Gasteiger partial charge on any atom is -0.507 e. The first-order valence-electron chi connectivity index (χ1n) is 28.6. The highest BCUT2D eigenvalue weighted by atomic mass is 32.1. The zero-order valence-electron chi connectivity index (χ0n) is 48.9. The number of aromatic nitrogens is 2. The van der Waals surface area contributed by atoms with Gasteiger partial charge in [-0.1, -0.05) is 107 Å². The number of aryl methyl sites for hydroxylation is 2. The van der Waals surface area contributed by atoms with Gasteiger partial charge in [-0.15, -0.1) is 22.7 Å². The summed E-state index contributed by atoms with van der Waals surface area (Å²) in [6, 6.07) is 43.4. The number of thiazole rings is 2. The standard InChI is InChI=1S/C38H39NO6S.C31H33NO6S/c1-4-13-29-32(18-11-19-33(29)45-34-17-10-9-16-30(34)38(40)41-3)42-21-12-22-43-35-25-36(44-26-27-14-7-6-8-15-27)31(24-28(35)5-2)37-39-20-23-46-37;1-4-10-22-26(13-8-14-27(22)38-28-12-7-6-11-23(28)31(34)35-3)36-16-9-17-37-29-20-25(33)24(19-21(29)5-2)30-32-15-18-39-30/h6-11,14-20,23-25H,4-5,12-13,21-22,26H2,1-3H3;6-8,11-15,18-20,33H,4-5,9-10,16-17H2,1-3H3. The molecule has 2 heterocycles. The minimum absolute atomic E-state index is 0.156. The molecule has 0 fully saturated rings. The summed E-state index contributed by atoms with van der Waals surface area (Å²) in [6.07, 6.45) is 9.79. The molecule has 0 unspecified atom stereocenters. The Morgan fingerprint density at radius 2 is 0.894 bits per heavy atom. The van der Waals surface area contributed by atoms with Crippen LogP contribution in [0.15, 0.2) is 163 Å². The maximum atomic E-state index is 12.3. The van der Waals surface area contributed by atoms with Crippen LogP contribution in [0.2, 0.25) is 0 Å². The molecule has 85 heavy (non-hydrogen) atoms. The molecule has 0 saturated carbocycles. The van der Waals surface area contributed by atoms with Crippen LogP contribution in [0.1, 0.15) is 102 Å². The van der Waals surface area contributed by atoms with Crippen molar-refractivity contribution < 1.29 is 57.3 Å². The van der Waals surface area contributed by atoms with Crippen molar-refractivity contribution in [2.75, 3.05) is 40.6 Å². The Morgan fingerprint density at radius 3 is 1.36 bits per heavy atom. The minimum atomic E-state index is -0.451. The van der Waals surface area contributed by atoms with Crippen LogP contribution < -0.4 is 33.2 Å². The maximum absolute atomic E-state index is 12.3. The molecule has 442 valence electrons. The highest BCUT2D eigenvalue weighted by Gasteiger charge is 2.21. The molecule has 0 saturated heterocycles. The van der Waals surface area contributed by atoms with Crippen molar-refractivity contribution in [1.29, 1.82) is 0 Å². The van der Waals surface area contributed by atoms with Crippen LogP contribution in [0.25, 0.3) is 21.1 Å². The summed E-state index contributed by atoms with van der Waals surface area (Å²) < 4.78 is 53.3. The largest absolute Gasteiger partial charge is 0.507 e. The van der Waals surface area contributed by atoms with Crippen LogP contribution in [-0.2, 0) is 41.8 Å². The predicted octanol–water partition coefficient (Wildman–Crippen LogP) is 16.8. The molecule has 16 heteroatoms. The molecular weight excluding hydrogens is 1110 g/mol. The number of carbonyl (C=O) groups is 2. The number of hydrogen-bond donors (Lipinski definition) is 1. The van der Waals surface area contributed by atoms with Crippen molar-refractivity contribution in [3.63, 3.8) is 0 Å². The van der Waals surface area contributed by atoms with Crippen molar-refractivity contribution >= 4 is 34.6 Å². The summed E-state index contributed by atoms with van der Waals surface area (Å²) in [5, 5.41) is 16.1. The average Bonchev–Trinajstić information content (AvgIpc) is 4.42. The fourth-order valence-corrected chi connectivity index (χ4v) is 10.6. The van der Waals surface area contributed by atoms with Gasteiger partial charge in [0.15, 0.2) is 0 Å². The number of nitrogens with zero attached hydrogens (tertiary/aromatic N) is 2. The topological polar surface area (TPSA) is 163 Å². The molecule has 0 aliphatic carbocycles. The van der Waals surface area contributed by atoms with Crippen molar-refractivity contribution in [3.8, 4) is 78.6 Å². The summed E-state index contributed by atoms with van der Waals surface area (Å²) in [4.78, 5) is 33.3. The van der Waals surface area contributed by atoms with Gasteiger partial charge in [-0.2, -0.15) is 0 Å². The van der Waals surface area contributed by atoms with Gasteiger partial charge in [0, 0.05) is 59.3 Å². The Hall–Kier alpha value is -8.86. The van der Waals surface area contributed by atoms with E-state index >= 15 is 0 Å². The van der Waals surface area contributed by atoms with Gasteiger partial charge >= 0.3 is 11.9 Å². The van der Waals surface area contributed by atoms with E-state index in [1.807, 2.05) is 95.8 Å². The Morgan fingerprint density at radius 1 is 0.459 bits per heavy atom. The Balaban J connectivity index is 0.000000224. The van der Waals surface area contributed by atoms with E-state index in [4.69, 9.17) is 42.6 Å². The Bertz CT molecular complexity index is 3550. The quantitative estimate of drug-likeness (QED) is 0.0348. The number of methoxy groups -OCH3 is 2. The third-order valence-corrected chi connectivity index (χ3v) is 15.1. The second kappa shape index (κ2) is 32.3. The Kier molecular flexibility index (Phi) is 23.6. The number of carbonyl (C=O) groups excluding carboxylic acids is 2. The average molecular weight is 1190 g/mol. The molecule has 14 nitrogen and oxygen atoms in total. The van der Waals surface area contributed by atoms with Gasteiger partial charge in [0.2, 0.25) is 0 Å². The van der Waals surface area contributed by atoms with Crippen molar-refractivity contribution in [1.82, 2.24) is 9.97 Å². The van der Waals surface area contributed by atoms with Gasteiger partial charge < -0.3 is 47.7 Å². The van der Waals surface area contributed by atoms with E-state index in [0.717, 1.165) is 110 Å². The lowest BCUT2D eigenvalue weighted by atomic mass is 10.1. The number of aromatic hydroxyl groups is 1. The first kappa shape index (κ1) is 62.2. The molecule has 0 radical (unpaired) electrons. The third kappa shape index (κ3) is 16.9. The SMILES string of the molecule is CCCc1c(OCCCOc2cc(O)c(-c3nccs3)cc2CC)cccc1Oc1ccccc1C(=O)OC.CCCc1c(OCCCOc2cc(OCc3ccccc3)c(-c3nccs3)cc2CC)cccc1Oc1ccccc1C(=O)OC. The lowest BCUT2D eigenvalue weighted by Crippen LogP contribution is -2.08. The molecule has 9 aromatic rings. The normalized spacial score (nSPS) is 10.8. The number of para-hydroxylation sites is 2. The van der Waals surface area contributed by atoms with Gasteiger partial charge in [-0.05, 0) is 103 Å². The summed E-state index contributed by atoms with van der Waals surface area (Å²) in [6.45, 7) is 10.7. The molecule has 0 amide bonds. The van der Waals surface area contributed by atoms with Crippen LogP contribution in [0, 0.1) is 0 Å². The molecule has 1 N–H and O–H groups in total. The van der Waals surface area contributed by atoms with E-state index in [9.17, 15) is 14.7 Å². The van der Waals surface area contributed by atoms with Crippen molar-refractivity contribution in [3.05, 3.63) is 202 Å². The van der Waals surface area contributed by atoms with Gasteiger partial charge in [-0.25, -0.2) is 19.6 Å².